The topological polar surface area (TPSA) is 71.6 Å². The van der Waals surface area contributed by atoms with Gasteiger partial charge in [-0.3, -0.25) is 9.59 Å². The third-order valence-corrected chi connectivity index (χ3v) is 6.85. The van der Waals surface area contributed by atoms with Crippen molar-refractivity contribution in [3.63, 3.8) is 0 Å². The molecule has 2 amide bonds. The number of aromatic nitrogens is 2. The molecule has 0 radical (unpaired) electrons. The minimum absolute atomic E-state index is 0.0851. The molecule has 2 aromatic heterocycles. The first-order valence-electron chi connectivity index (χ1n) is 10.6. The minimum atomic E-state index is -0.576. The van der Waals surface area contributed by atoms with Gasteiger partial charge in [0.2, 0.25) is 5.91 Å². The molecule has 0 aromatic carbocycles. The maximum absolute atomic E-state index is 13.6. The lowest BCUT2D eigenvalue weighted by Crippen LogP contribution is -2.41. The molecular weight excluding hydrogens is 368 g/mol. The fourth-order valence-corrected chi connectivity index (χ4v) is 4.93. The molecule has 0 bridgehead atoms. The fourth-order valence-electron chi connectivity index (χ4n) is 4.93. The van der Waals surface area contributed by atoms with Gasteiger partial charge in [0, 0.05) is 44.3 Å². The predicted octanol–water partition coefficient (Wildman–Crippen LogP) is 2.93. The number of carbonyl (C=O) groups excluding carboxylic acids is 2. The summed E-state index contributed by atoms with van der Waals surface area (Å²) in [5, 5.41) is 0. The van der Waals surface area contributed by atoms with Gasteiger partial charge in [-0.1, -0.05) is 0 Å². The van der Waals surface area contributed by atoms with Crippen molar-refractivity contribution in [2.24, 2.45) is 11.3 Å². The van der Waals surface area contributed by atoms with E-state index in [2.05, 4.69) is 29.6 Å². The summed E-state index contributed by atoms with van der Waals surface area (Å²) in [7, 11) is 0. The number of likely N-dealkylation sites (tertiary alicyclic amines) is 2. The van der Waals surface area contributed by atoms with Crippen LogP contribution in [0.3, 0.4) is 0 Å². The smallest absolute Gasteiger partial charge is 0.289 e. The van der Waals surface area contributed by atoms with Crippen molar-refractivity contribution < 1.29 is 14.0 Å². The van der Waals surface area contributed by atoms with Gasteiger partial charge in [-0.05, 0) is 51.2 Å². The van der Waals surface area contributed by atoms with Crippen LogP contribution >= 0.6 is 0 Å². The lowest BCUT2D eigenvalue weighted by Gasteiger charge is -2.27. The summed E-state index contributed by atoms with van der Waals surface area (Å²) in [6, 6.07) is 3.71. The average Bonchev–Trinajstić information content (AvgIpc) is 3.16. The number of carbonyl (C=O) groups is 2. The molecule has 154 valence electrons. The van der Waals surface area contributed by atoms with Gasteiger partial charge in [-0.25, -0.2) is 4.98 Å². The summed E-state index contributed by atoms with van der Waals surface area (Å²) in [4.78, 5) is 35.1. The molecule has 2 aromatic rings. The Morgan fingerprint density at radius 3 is 2.86 bits per heavy atom. The van der Waals surface area contributed by atoms with Crippen molar-refractivity contribution in [2.75, 3.05) is 26.2 Å². The SMILES string of the molecule is CC(C)n1cnc([C@@H]2CN(C(=O)c3ccco3)C[C@]23CCN(CC2CC2)C3=O)c1. The van der Waals surface area contributed by atoms with Gasteiger partial charge in [-0.2, -0.15) is 0 Å². The lowest BCUT2D eigenvalue weighted by molar-refractivity contribution is -0.136. The van der Waals surface area contributed by atoms with Crippen molar-refractivity contribution in [1.29, 1.82) is 0 Å². The molecule has 0 unspecified atom stereocenters. The molecule has 7 nitrogen and oxygen atoms in total. The Kier molecular flexibility index (Phi) is 4.29. The summed E-state index contributed by atoms with van der Waals surface area (Å²) in [5.41, 5.74) is 0.336. The maximum atomic E-state index is 13.6. The molecular formula is C22H28N4O3. The van der Waals surface area contributed by atoms with Crippen molar-refractivity contribution in [1.82, 2.24) is 19.4 Å². The standard InChI is InChI=1S/C22H28N4O3/c1-15(2)26-12-18(23-14-26)17-11-25(20(27)19-4-3-9-29-19)13-22(17)7-8-24(21(22)28)10-16-5-6-16/h3-4,9,12,14-17H,5-8,10-11,13H2,1-2H3/t17-,22+/m0/s1. The molecule has 3 aliphatic rings. The van der Waals surface area contributed by atoms with E-state index in [1.807, 2.05) is 11.2 Å². The van der Waals surface area contributed by atoms with E-state index in [0.717, 1.165) is 25.2 Å². The number of hydrogen-bond acceptors (Lipinski definition) is 4. The molecule has 0 N–H and O–H groups in total. The van der Waals surface area contributed by atoms with Crippen LogP contribution in [-0.4, -0.2) is 57.3 Å². The minimum Gasteiger partial charge on any atom is -0.459 e. The zero-order chi connectivity index (χ0) is 20.2. The van der Waals surface area contributed by atoms with Crippen molar-refractivity contribution in [3.05, 3.63) is 42.4 Å². The van der Waals surface area contributed by atoms with Gasteiger partial charge < -0.3 is 18.8 Å². The third kappa shape index (κ3) is 3.07. The Balaban J connectivity index is 1.47. The summed E-state index contributed by atoms with van der Waals surface area (Å²) >= 11 is 0. The normalized spacial score (nSPS) is 27.0. The molecule has 1 saturated carbocycles. The molecule has 7 heteroatoms. The second kappa shape index (κ2) is 6.75. The van der Waals surface area contributed by atoms with Gasteiger partial charge in [0.1, 0.15) is 0 Å². The van der Waals surface area contributed by atoms with Crippen molar-refractivity contribution >= 4 is 11.8 Å². The van der Waals surface area contributed by atoms with Crippen LogP contribution in [0.15, 0.2) is 35.3 Å². The molecule has 2 atom stereocenters. The molecule has 2 saturated heterocycles. The molecule has 1 spiro atoms. The number of amides is 2. The Hall–Kier alpha value is -2.57. The predicted molar refractivity (Wildman–Crippen MR) is 106 cm³/mol. The van der Waals surface area contributed by atoms with Crippen LogP contribution in [0.25, 0.3) is 0 Å². The molecule has 29 heavy (non-hydrogen) atoms. The molecule has 1 aliphatic carbocycles. The van der Waals surface area contributed by atoms with Gasteiger partial charge in [0.25, 0.3) is 5.91 Å². The summed E-state index contributed by atoms with van der Waals surface area (Å²) in [5.74, 6) is 0.957. The van der Waals surface area contributed by atoms with E-state index in [0.29, 0.717) is 30.8 Å². The quantitative estimate of drug-likeness (QED) is 0.779. The van der Waals surface area contributed by atoms with E-state index in [4.69, 9.17) is 4.42 Å². The Morgan fingerprint density at radius 2 is 2.21 bits per heavy atom. The van der Waals surface area contributed by atoms with E-state index in [-0.39, 0.29) is 17.7 Å². The first-order valence-corrected chi connectivity index (χ1v) is 10.6. The first kappa shape index (κ1) is 18.5. The Bertz CT molecular complexity index is 914. The second-order valence-electron chi connectivity index (χ2n) is 9.16. The largest absolute Gasteiger partial charge is 0.459 e. The monoisotopic (exact) mass is 396 g/mol. The van der Waals surface area contributed by atoms with Gasteiger partial charge in [0.15, 0.2) is 5.76 Å². The fraction of sp³-hybridized carbons (Fsp3) is 0.591. The van der Waals surface area contributed by atoms with Crippen LogP contribution < -0.4 is 0 Å². The third-order valence-electron chi connectivity index (χ3n) is 6.85. The Morgan fingerprint density at radius 1 is 1.38 bits per heavy atom. The van der Waals surface area contributed by atoms with Gasteiger partial charge >= 0.3 is 0 Å². The highest BCUT2D eigenvalue weighted by molar-refractivity contribution is 5.94. The molecule has 5 rings (SSSR count). The highest BCUT2D eigenvalue weighted by Crippen LogP contribution is 2.50. The first-order chi connectivity index (χ1) is 14.0. The van der Waals surface area contributed by atoms with E-state index in [1.54, 1.807) is 17.0 Å². The maximum Gasteiger partial charge on any atom is 0.289 e. The highest BCUT2D eigenvalue weighted by Gasteiger charge is 2.59. The van der Waals surface area contributed by atoms with E-state index in [1.165, 1.54) is 19.1 Å². The van der Waals surface area contributed by atoms with Crippen molar-refractivity contribution in [3.8, 4) is 0 Å². The summed E-state index contributed by atoms with van der Waals surface area (Å²) < 4.78 is 7.41. The van der Waals surface area contributed by atoms with Crippen LogP contribution in [0.2, 0.25) is 0 Å². The van der Waals surface area contributed by atoms with Gasteiger partial charge in [0.05, 0.1) is 23.7 Å². The number of furan rings is 1. The van der Waals surface area contributed by atoms with Crippen LogP contribution in [0.4, 0.5) is 0 Å². The van der Waals surface area contributed by atoms with Crippen LogP contribution in [0.1, 0.15) is 61.3 Å². The van der Waals surface area contributed by atoms with Crippen LogP contribution in [0, 0.1) is 11.3 Å². The highest BCUT2D eigenvalue weighted by atomic mass is 16.3. The van der Waals surface area contributed by atoms with Crippen LogP contribution in [0.5, 0.6) is 0 Å². The summed E-state index contributed by atoms with van der Waals surface area (Å²) in [6.45, 7) is 6.80. The molecule has 3 fully saturated rings. The Labute approximate surface area is 170 Å². The number of nitrogens with zero attached hydrogens (tertiary/aromatic N) is 4. The van der Waals surface area contributed by atoms with Gasteiger partial charge in [-0.15, -0.1) is 0 Å². The van der Waals surface area contributed by atoms with E-state index >= 15 is 0 Å². The molecule has 2 aliphatic heterocycles. The number of rotatable bonds is 5. The van der Waals surface area contributed by atoms with Crippen LogP contribution in [-0.2, 0) is 4.79 Å². The zero-order valence-electron chi connectivity index (χ0n) is 17.1. The number of hydrogen-bond donors (Lipinski definition) is 0. The lowest BCUT2D eigenvalue weighted by atomic mass is 9.75. The van der Waals surface area contributed by atoms with E-state index < -0.39 is 5.41 Å². The average molecular weight is 396 g/mol. The van der Waals surface area contributed by atoms with Crippen molar-refractivity contribution in [2.45, 2.75) is 45.1 Å². The van der Waals surface area contributed by atoms with E-state index in [9.17, 15) is 9.59 Å². The molecule has 4 heterocycles. The summed E-state index contributed by atoms with van der Waals surface area (Å²) in [6.07, 6.45) is 8.63. The second-order valence-corrected chi connectivity index (χ2v) is 9.16. The number of imidazole rings is 1. The zero-order valence-corrected chi connectivity index (χ0v) is 17.1.